The maximum atomic E-state index is 6.30. The van der Waals surface area contributed by atoms with Crippen LogP contribution in [-0.2, 0) is 6.42 Å². The van der Waals surface area contributed by atoms with E-state index in [0.29, 0.717) is 10.8 Å². The van der Waals surface area contributed by atoms with Crippen molar-refractivity contribution in [3.8, 4) is 5.75 Å². The first-order chi connectivity index (χ1) is 9.89. The van der Waals surface area contributed by atoms with Gasteiger partial charge in [-0.3, -0.25) is 0 Å². The molecule has 0 aliphatic heterocycles. The first-order valence-corrected chi connectivity index (χ1v) is 8.38. The number of rotatable bonds is 9. The second kappa shape index (κ2) is 8.87. The molecular weight excluding hydrogens is 305 g/mol. The van der Waals surface area contributed by atoms with E-state index in [1.807, 2.05) is 6.07 Å². The Morgan fingerprint density at radius 2 is 1.81 bits per heavy atom. The van der Waals surface area contributed by atoms with Crippen LogP contribution >= 0.6 is 23.2 Å². The van der Waals surface area contributed by atoms with Gasteiger partial charge in [-0.25, -0.2) is 0 Å². The SMILES string of the molecule is CCCNCCC(C)(C)CCc1cc(Cl)c(OC)cc1Cl. The molecule has 1 aromatic carbocycles. The molecule has 0 spiro atoms. The number of ether oxygens (including phenoxy) is 1. The summed E-state index contributed by atoms with van der Waals surface area (Å²) in [5.74, 6) is 0.633. The second-order valence-electron chi connectivity index (χ2n) is 6.24. The van der Waals surface area contributed by atoms with E-state index in [4.69, 9.17) is 27.9 Å². The van der Waals surface area contributed by atoms with E-state index in [-0.39, 0.29) is 5.41 Å². The summed E-state index contributed by atoms with van der Waals surface area (Å²) in [6.45, 7) is 8.96. The van der Waals surface area contributed by atoms with Crippen molar-refractivity contribution in [2.75, 3.05) is 20.2 Å². The lowest BCUT2D eigenvalue weighted by molar-refractivity contribution is 0.302. The van der Waals surface area contributed by atoms with Gasteiger partial charge in [0.05, 0.1) is 12.1 Å². The Bertz CT molecular complexity index is 447. The summed E-state index contributed by atoms with van der Waals surface area (Å²) in [6.07, 6.45) is 4.36. The summed E-state index contributed by atoms with van der Waals surface area (Å²) in [5.41, 5.74) is 1.38. The molecule has 0 saturated heterocycles. The van der Waals surface area contributed by atoms with Crippen molar-refractivity contribution in [1.29, 1.82) is 0 Å². The molecule has 0 heterocycles. The standard InChI is InChI=1S/C17H27Cl2NO/c1-5-9-20-10-8-17(2,3)7-6-13-11-15(19)16(21-4)12-14(13)18/h11-12,20H,5-10H2,1-4H3. The Hall–Kier alpha value is -0.440. The van der Waals surface area contributed by atoms with E-state index in [9.17, 15) is 0 Å². The zero-order chi connectivity index (χ0) is 15.9. The minimum absolute atomic E-state index is 0.288. The van der Waals surface area contributed by atoms with Crippen molar-refractivity contribution in [2.45, 2.75) is 46.5 Å². The highest BCUT2D eigenvalue weighted by Gasteiger charge is 2.18. The van der Waals surface area contributed by atoms with Crippen LogP contribution in [0.3, 0.4) is 0 Å². The average Bonchev–Trinajstić information content (AvgIpc) is 2.44. The van der Waals surface area contributed by atoms with Gasteiger partial charge in [0.1, 0.15) is 5.75 Å². The monoisotopic (exact) mass is 331 g/mol. The fourth-order valence-corrected chi connectivity index (χ4v) is 2.76. The predicted octanol–water partition coefficient (Wildman–Crippen LogP) is 5.35. The molecule has 1 aromatic rings. The quantitative estimate of drug-likeness (QED) is 0.616. The fraction of sp³-hybridized carbons (Fsp3) is 0.647. The highest BCUT2D eigenvalue weighted by Crippen LogP contribution is 2.34. The minimum Gasteiger partial charge on any atom is -0.495 e. The van der Waals surface area contributed by atoms with Gasteiger partial charge < -0.3 is 10.1 Å². The molecule has 120 valence electrons. The Balaban J connectivity index is 2.55. The number of benzene rings is 1. The van der Waals surface area contributed by atoms with Crippen LogP contribution in [0.1, 0.15) is 45.6 Å². The molecule has 0 atom stereocenters. The van der Waals surface area contributed by atoms with E-state index in [0.717, 1.165) is 42.9 Å². The number of hydrogen-bond acceptors (Lipinski definition) is 2. The van der Waals surface area contributed by atoms with Crippen molar-refractivity contribution in [3.63, 3.8) is 0 Å². The van der Waals surface area contributed by atoms with Crippen molar-refractivity contribution in [2.24, 2.45) is 5.41 Å². The lowest BCUT2D eigenvalue weighted by atomic mass is 9.83. The Labute approximate surface area is 139 Å². The summed E-state index contributed by atoms with van der Waals surface area (Å²) in [4.78, 5) is 0. The highest BCUT2D eigenvalue weighted by atomic mass is 35.5. The van der Waals surface area contributed by atoms with Crippen LogP contribution < -0.4 is 10.1 Å². The summed E-state index contributed by atoms with van der Waals surface area (Å²) in [6, 6.07) is 3.73. The lowest BCUT2D eigenvalue weighted by Crippen LogP contribution is -2.23. The van der Waals surface area contributed by atoms with E-state index in [1.165, 1.54) is 6.42 Å². The van der Waals surface area contributed by atoms with Crippen LogP contribution in [0.25, 0.3) is 0 Å². The molecule has 0 aromatic heterocycles. The number of nitrogens with one attached hydrogen (secondary N) is 1. The van der Waals surface area contributed by atoms with Crippen LogP contribution in [0.2, 0.25) is 10.0 Å². The molecule has 0 aliphatic rings. The minimum atomic E-state index is 0.288. The Kier molecular flexibility index (Phi) is 7.86. The molecule has 1 rings (SSSR count). The molecule has 0 bridgehead atoms. The Morgan fingerprint density at radius 1 is 1.10 bits per heavy atom. The van der Waals surface area contributed by atoms with E-state index in [1.54, 1.807) is 13.2 Å². The zero-order valence-electron chi connectivity index (χ0n) is 13.6. The zero-order valence-corrected chi connectivity index (χ0v) is 15.1. The molecular formula is C17H27Cl2NO. The molecule has 0 radical (unpaired) electrons. The summed E-state index contributed by atoms with van der Waals surface area (Å²) in [7, 11) is 1.60. The van der Waals surface area contributed by atoms with Gasteiger partial charge in [-0.15, -0.1) is 0 Å². The van der Waals surface area contributed by atoms with Crippen LogP contribution in [0.5, 0.6) is 5.75 Å². The maximum Gasteiger partial charge on any atom is 0.138 e. The Morgan fingerprint density at radius 3 is 2.43 bits per heavy atom. The van der Waals surface area contributed by atoms with Crippen LogP contribution in [-0.4, -0.2) is 20.2 Å². The number of aryl methyl sites for hydroxylation is 1. The van der Waals surface area contributed by atoms with Crippen molar-refractivity contribution in [1.82, 2.24) is 5.32 Å². The third-order valence-electron chi connectivity index (χ3n) is 3.80. The van der Waals surface area contributed by atoms with Crippen molar-refractivity contribution in [3.05, 3.63) is 27.7 Å². The second-order valence-corrected chi connectivity index (χ2v) is 7.06. The predicted molar refractivity (Wildman–Crippen MR) is 92.9 cm³/mol. The molecule has 0 fully saturated rings. The third kappa shape index (κ3) is 6.46. The number of hydrogen-bond donors (Lipinski definition) is 1. The lowest BCUT2D eigenvalue weighted by Gasteiger charge is -2.25. The largest absolute Gasteiger partial charge is 0.495 e. The van der Waals surface area contributed by atoms with Crippen LogP contribution in [0, 0.1) is 5.41 Å². The highest BCUT2D eigenvalue weighted by molar-refractivity contribution is 6.34. The van der Waals surface area contributed by atoms with E-state index < -0.39 is 0 Å². The molecule has 0 aliphatic carbocycles. The summed E-state index contributed by atoms with van der Waals surface area (Å²) >= 11 is 12.5. The van der Waals surface area contributed by atoms with Gasteiger partial charge in [0.25, 0.3) is 0 Å². The molecule has 1 N–H and O–H groups in total. The number of halogens is 2. The smallest absolute Gasteiger partial charge is 0.138 e. The van der Waals surface area contributed by atoms with Gasteiger partial charge in [-0.05, 0) is 55.8 Å². The molecule has 4 heteroatoms. The van der Waals surface area contributed by atoms with Gasteiger partial charge in [0.2, 0.25) is 0 Å². The molecule has 0 saturated carbocycles. The van der Waals surface area contributed by atoms with Crippen molar-refractivity contribution < 1.29 is 4.74 Å². The van der Waals surface area contributed by atoms with Crippen molar-refractivity contribution >= 4 is 23.2 Å². The summed E-state index contributed by atoms with van der Waals surface area (Å²) < 4.78 is 5.18. The van der Waals surface area contributed by atoms with Crippen LogP contribution in [0.15, 0.2) is 12.1 Å². The first kappa shape index (κ1) is 18.6. The topological polar surface area (TPSA) is 21.3 Å². The molecule has 21 heavy (non-hydrogen) atoms. The fourth-order valence-electron chi connectivity index (χ4n) is 2.24. The van der Waals surface area contributed by atoms with E-state index in [2.05, 4.69) is 26.1 Å². The van der Waals surface area contributed by atoms with Gasteiger partial charge in [0.15, 0.2) is 0 Å². The van der Waals surface area contributed by atoms with Gasteiger partial charge in [-0.1, -0.05) is 44.0 Å². The van der Waals surface area contributed by atoms with Gasteiger partial charge in [-0.2, -0.15) is 0 Å². The summed E-state index contributed by atoms with van der Waals surface area (Å²) in [5, 5.41) is 4.82. The van der Waals surface area contributed by atoms with E-state index >= 15 is 0 Å². The maximum absolute atomic E-state index is 6.30. The van der Waals surface area contributed by atoms with Crippen LogP contribution in [0.4, 0.5) is 0 Å². The third-order valence-corrected chi connectivity index (χ3v) is 4.44. The first-order valence-electron chi connectivity index (χ1n) is 7.62. The van der Waals surface area contributed by atoms with Gasteiger partial charge in [0, 0.05) is 11.1 Å². The molecule has 0 amide bonds. The average molecular weight is 332 g/mol. The molecule has 0 unspecified atom stereocenters. The van der Waals surface area contributed by atoms with Gasteiger partial charge >= 0.3 is 0 Å². The normalized spacial score (nSPS) is 11.7. The number of methoxy groups -OCH3 is 1. The molecule has 2 nitrogen and oxygen atoms in total.